The van der Waals surface area contributed by atoms with Crippen molar-refractivity contribution in [2.75, 3.05) is 5.32 Å². The van der Waals surface area contributed by atoms with E-state index >= 15 is 0 Å². The Bertz CT molecular complexity index is 275. The molecule has 0 radical (unpaired) electrons. The lowest BCUT2D eigenvalue weighted by Crippen LogP contribution is -2.22. The van der Waals surface area contributed by atoms with Gasteiger partial charge in [0.15, 0.2) is 0 Å². The number of nitrogens with zero attached hydrogens (tertiary/aromatic N) is 2. The van der Waals surface area contributed by atoms with E-state index in [1.807, 2.05) is 0 Å². The van der Waals surface area contributed by atoms with E-state index in [0.717, 1.165) is 10.3 Å². The SMILES string of the molecule is CC(C)C(C)Nc1ncncc1Br. The number of hydrogen-bond acceptors (Lipinski definition) is 3. The molecule has 0 saturated carbocycles. The van der Waals surface area contributed by atoms with E-state index in [4.69, 9.17) is 0 Å². The van der Waals surface area contributed by atoms with Crippen LogP contribution in [0.4, 0.5) is 5.82 Å². The van der Waals surface area contributed by atoms with Crippen molar-refractivity contribution >= 4 is 21.7 Å². The average Bonchev–Trinajstić information content (AvgIpc) is 2.08. The molecule has 1 rings (SSSR count). The predicted octanol–water partition coefficient (Wildman–Crippen LogP) is 2.70. The second kappa shape index (κ2) is 4.56. The van der Waals surface area contributed by atoms with Gasteiger partial charge in [0.1, 0.15) is 12.1 Å². The molecule has 0 aromatic carbocycles. The van der Waals surface area contributed by atoms with E-state index in [-0.39, 0.29) is 0 Å². The van der Waals surface area contributed by atoms with Gasteiger partial charge in [-0.25, -0.2) is 9.97 Å². The van der Waals surface area contributed by atoms with Gasteiger partial charge in [-0.1, -0.05) is 13.8 Å². The first kappa shape index (κ1) is 10.4. The van der Waals surface area contributed by atoms with E-state index in [9.17, 15) is 0 Å². The molecule has 4 heteroatoms. The van der Waals surface area contributed by atoms with Crippen molar-refractivity contribution in [3.63, 3.8) is 0 Å². The first-order valence-electron chi connectivity index (χ1n) is 4.33. The minimum absolute atomic E-state index is 0.409. The molecule has 3 nitrogen and oxygen atoms in total. The topological polar surface area (TPSA) is 37.8 Å². The zero-order valence-corrected chi connectivity index (χ0v) is 9.67. The summed E-state index contributed by atoms with van der Waals surface area (Å²) in [7, 11) is 0. The van der Waals surface area contributed by atoms with Crippen molar-refractivity contribution in [3.05, 3.63) is 17.0 Å². The molecule has 1 aromatic rings. The summed E-state index contributed by atoms with van der Waals surface area (Å²) in [4.78, 5) is 8.03. The Morgan fingerprint density at radius 3 is 2.62 bits per heavy atom. The molecule has 0 aliphatic heterocycles. The highest BCUT2D eigenvalue weighted by atomic mass is 79.9. The maximum Gasteiger partial charge on any atom is 0.143 e. The fourth-order valence-electron chi connectivity index (χ4n) is 0.801. The Morgan fingerprint density at radius 2 is 2.08 bits per heavy atom. The van der Waals surface area contributed by atoms with Gasteiger partial charge in [0.05, 0.1) is 4.47 Å². The highest BCUT2D eigenvalue weighted by Gasteiger charge is 2.08. The van der Waals surface area contributed by atoms with Crippen LogP contribution in [0.5, 0.6) is 0 Å². The van der Waals surface area contributed by atoms with Gasteiger partial charge in [0.25, 0.3) is 0 Å². The van der Waals surface area contributed by atoms with E-state index in [1.54, 1.807) is 12.5 Å². The van der Waals surface area contributed by atoms with Crippen molar-refractivity contribution < 1.29 is 0 Å². The van der Waals surface area contributed by atoms with Crippen LogP contribution in [-0.4, -0.2) is 16.0 Å². The second-order valence-electron chi connectivity index (χ2n) is 3.40. The van der Waals surface area contributed by atoms with Gasteiger partial charge in [-0.05, 0) is 28.8 Å². The van der Waals surface area contributed by atoms with Gasteiger partial charge in [-0.2, -0.15) is 0 Å². The Labute approximate surface area is 87.1 Å². The van der Waals surface area contributed by atoms with Gasteiger partial charge in [0.2, 0.25) is 0 Å². The summed E-state index contributed by atoms with van der Waals surface area (Å²) in [5.41, 5.74) is 0. The molecule has 1 aromatic heterocycles. The Kier molecular flexibility index (Phi) is 3.66. The van der Waals surface area contributed by atoms with Crippen molar-refractivity contribution in [2.45, 2.75) is 26.8 Å². The van der Waals surface area contributed by atoms with Crippen LogP contribution in [0, 0.1) is 5.92 Å². The molecule has 1 unspecified atom stereocenters. The van der Waals surface area contributed by atoms with Gasteiger partial charge in [-0.15, -0.1) is 0 Å². The van der Waals surface area contributed by atoms with Crippen molar-refractivity contribution in [3.8, 4) is 0 Å². The van der Waals surface area contributed by atoms with E-state index in [1.165, 1.54) is 0 Å². The van der Waals surface area contributed by atoms with Gasteiger partial charge < -0.3 is 5.32 Å². The standard InChI is InChI=1S/C9H14BrN3/c1-6(2)7(3)13-9-8(10)4-11-5-12-9/h4-7H,1-3H3,(H,11,12,13). The minimum Gasteiger partial charge on any atom is -0.366 e. The first-order chi connectivity index (χ1) is 6.11. The molecule has 72 valence electrons. The summed E-state index contributed by atoms with van der Waals surface area (Å²) >= 11 is 3.39. The molecule has 0 aliphatic rings. The second-order valence-corrected chi connectivity index (χ2v) is 4.25. The monoisotopic (exact) mass is 243 g/mol. The third-order valence-electron chi connectivity index (χ3n) is 2.03. The summed E-state index contributed by atoms with van der Waals surface area (Å²) in [6.45, 7) is 6.48. The molecule has 0 bridgehead atoms. The summed E-state index contributed by atoms with van der Waals surface area (Å²) < 4.78 is 0.905. The minimum atomic E-state index is 0.409. The zero-order valence-electron chi connectivity index (χ0n) is 8.08. The molecular formula is C9H14BrN3. The van der Waals surface area contributed by atoms with Crippen LogP contribution in [0.3, 0.4) is 0 Å². The van der Waals surface area contributed by atoms with Crippen molar-refractivity contribution in [2.24, 2.45) is 5.92 Å². The summed E-state index contributed by atoms with van der Waals surface area (Å²) in [6.07, 6.45) is 3.28. The van der Waals surface area contributed by atoms with Crippen LogP contribution < -0.4 is 5.32 Å². The van der Waals surface area contributed by atoms with Crippen LogP contribution in [0.15, 0.2) is 17.0 Å². The molecule has 13 heavy (non-hydrogen) atoms. The Balaban J connectivity index is 2.69. The van der Waals surface area contributed by atoms with Crippen LogP contribution in [0.1, 0.15) is 20.8 Å². The van der Waals surface area contributed by atoms with Crippen LogP contribution >= 0.6 is 15.9 Å². The van der Waals surface area contributed by atoms with Crippen LogP contribution in [0.2, 0.25) is 0 Å². The number of halogens is 1. The Morgan fingerprint density at radius 1 is 1.38 bits per heavy atom. The molecule has 0 spiro atoms. The fourth-order valence-corrected chi connectivity index (χ4v) is 1.14. The normalized spacial score (nSPS) is 13.0. The molecule has 0 fully saturated rings. The summed E-state index contributed by atoms with van der Waals surface area (Å²) in [5, 5.41) is 3.31. The Hall–Kier alpha value is -0.640. The lowest BCUT2D eigenvalue weighted by molar-refractivity contribution is 0.558. The summed E-state index contributed by atoms with van der Waals surface area (Å²) in [5.74, 6) is 1.44. The molecule has 1 N–H and O–H groups in total. The number of rotatable bonds is 3. The van der Waals surface area contributed by atoms with Crippen molar-refractivity contribution in [1.82, 2.24) is 9.97 Å². The first-order valence-corrected chi connectivity index (χ1v) is 5.12. The van der Waals surface area contributed by atoms with Gasteiger partial charge in [0, 0.05) is 12.2 Å². The van der Waals surface area contributed by atoms with E-state index in [2.05, 4.69) is 52.0 Å². The number of aromatic nitrogens is 2. The van der Waals surface area contributed by atoms with Crippen molar-refractivity contribution in [1.29, 1.82) is 0 Å². The van der Waals surface area contributed by atoms with Crippen LogP contribution in [0.25, 0.3) is 0 Å². The lowest BCUT2D eigenvalue weighted by atomic mass is 10.1. The predicted molar refractivity (Wildman–Crippen MR) is 57.7 cm³/mol. The number of anilines is 1. The highest BCUT2D eigenvalue weighted by molar-refractivity contribution is 9.10. The fraction of sp³-hybridized carbons (Fsp3) is 0.556. The van der Waals surface area contributed by atoms with E-state index < -0.39 is 0 Å². The average molecular weight is 244 g/mol. The third kappa shape index (κ3) is 2.95. The number of hydrogen-bond donors (Lipinski definition) is 1. The molecule has 1 heterocycles. The van der Waals surface area contributed by atoms with Gasteiger partial charge >= 0.3 is 0 Å². The number of nitrogens with one attached hydrogen (secondary N) is 1. The quantitative estimate of drug-likeness (QED) is 0.888. The van der Waals surface area contributed by atoms with Crippen LogP contribution in [-0.2, 0) is 0 Å². The lowest BCUT2D eigenvalue weighted by Gasteiger charge is -2.18. The molecule has 0 saturated heterocycles. The zero-order chi connectivity index (χ0) is 9.84. The maximum atomic E-state index is 4.13. The third-order valence-corrected chi connectivity index (χ3v) is 2.61. The molecule has 1 atom stereocenters. The molecule has 0 aliphatic carbocycles. The van der Waals surface area contributed by atoms with Gasteiger partial charge in [-0.3, -0.25) is 0 Å². The largest absolute Gasteiger partial charge is 0.366 e. The smallest absolute Gasteiger partial charge is 0.143 e. The summed E-state index contributed by atoms with van der Waals surface area (Å²) in [6, 6.07) is 0.409. The van der Waals surface area contributed by atoms with E-state index in [0.29, 0.717) is 12.0 Å². The molecule has 0 amide bonds. The highest BCUT2D eigenvalue weighted by Crippen LogP contribution is 2.19. The molecular weight excluding hydrogens is 230 g/mol. The maximum absolute atomic E-state index is 4.13.